The molecule has 0 saturated heterocycles. The predicted molar refractivity (Wildman–Crippen MR) is 92.5 cm³/mol. The summed E-state index contributed by atoms with van der Waals surface area (Å²) in [6.45, 7) is 4.85. The lowest BCUT2D eigenvalue weighted by atomic mass is 10.1. The molecule has 0 spiro atoms. The van der Waals surface area contributed by atoms with Gasteiger partial charge in [-0.15, -0.1) is 0 Å². The van der Waals surface area contributed by atoms with Gasteiger partial charge >= 0.3 is 6.03 Å². The Morgan fingerprint density at radius 1 is 1.41 bits per heavy atom. The van der Waals surface area contributed by atoms with Crippen molar-refractivity contribution in [2.45, 2.75) is 57.2 Å². The number of carbonyl (C=O) groups is 1. The van der Waals surface area contributed by atoms with E-state index in [0.29, 0.717) is 17.8 Å². The third-order valence-electron chi connectivity index (χ3n) is 4.62. The molecule has 0 aliphatic heterocycles. The van der Waals surface area contributed by atoms with Crippen LogP contribution in [-0.4, -0.2) is 39.9 Å². The molecule has 2 rings (SSSR count). The Morgan fingerprint density at radius 2 is 2.18 bits per heavy atom. The van der Waals surface area contributed by atoms with Crippen molar-refractivity contribution in [3.05, 3.63) is 17.0 Å². The monoisotopic (exact) mass is 324 g/mol. The average Bonchev–Trinajstić information content (AvgIpc) is 3.02. The molecule has 0 radical (unpaired) electrons. The number of aromatic nitrogens is 2. The van der Waals surface area contributed by atoms with Gasteiger partial charge in [-0.05, 0) is 51.3 Å². The lowest BCUT2D eigenvalue weighted by Crippen LogP contribution is -2.44. The molecular weight excluding hydrogens is 296 g/mol. The predicted octanol–water partition coefficient (Wildman–Crippen LogP) is 2.55. The molecular formula is C16H28N4OS. The fraction of sp³-hybridized carbons (Fsp3) is 0.750. The van der Waals surface area contributed by atoms with Crippen molar-refractivity contribution < 1.29 is 4.79 Å². The van der Waals surface area contributed by atoms with Crippen LogP contribution in [0.15, 0.2) is 0 Å². The molecule has 1 fully saturated rings. The molecule has 6 heteroatoms. The van der Waals surface area contributed by atoms with Crippen LogP contribution in [-0.2, 0) is 13.5 Å². The summed E-state index contributed by atoms with van der Waals surface area (Å²) in [6, 6.07) is 0.309. The van der Waals surface area contributed by atoms with Gasteiger partial charge in [0, 0.05) is 30.6 Å². The second-order valence-corrected chi connectivity index (χ2v) is 7.17. The highest BCUT2D eigenvalue weighted by Gasteiger charge is 2.27. The van der Waals surface area contributed by atoms with Gasteiger partial charge in [-0.2, -0.15) is 16.9 Å². The maximum atomic E-state index is 12.0. The van der Waals surface area contributed by atoms with Gasteiger partial charge in [0.15, 0.2) is 0 Å². The molecule has 0 bridgehead atoms. The molecule has 2 amide bonds. The van der Waals surface area contributed by atoms with Crippen LogP contribution in [0.3, 0.4) is 0 Å². The summed E-state index contributed by atoms with van der Waals surface area (Å²) in [6.07, 6.45) is 7.57. The van der Waals surface area contributed by atoms with Crippen LogP contribution in [0.25, 0.3) is 0 Å². The minimum atomic E-state index is -0.0226. The molecule has 124 valence electrons. The third kappa shape index (κ3) is 4.18. The van der Waals surface area contributed by atoms with E-state index in [4.69, 9.17) is 0 Å². The molecule has 1 aliphatic carbocycles. The number of urea groups is 1. The van der Waals surface area contributed by atoms with Gasteiger partial charge in [0.25, 0.3) is 0 Å². The zero-order valence-corrected chi connectivity index (χ0v) is 14.9. The minimum Gasteiger partial charge on any atom is -0.338 e. The second kappa shape index (κ2) is 7.90. The number of nitrogens with zero attached hydrogens (tertiary/aromatic N) is 2. The molecule has 1 saturated carbocycles. The molecule has 2 N–H and O–H groups in total. The van der Waals surface area contributed by atoms with Gasteiger partial charge in [-0.3, -0.25) is 4.68 Å². The van der Waals surface area contributed by atoms with E-state index in [9.17, 15) is 4.79 Å². The zero-order chi connectivity index (χ0) is 16.1. The Hall–Kier alpha value is -1.17. The van der Waals surface area contributed by atoms with Gasteiger partial charge in [0.2, 0.25) is 0 Å². The number of rotatable bonds is 6. The van der Waals surface area contributed by atoms with Crippen molar-refractivity contribution >= 4 is 17.8 Å². The van der Waals surface area contributed by atoms with E-state index < -0.39 is 0 Å². The molecule has 2 atom stereocenters. The Balaban J connectivity index is 1.69. The van der Waals surface area contributed by atoms with Crippen LogP contribution < -0.4 is 10.6 Å². The average molecular weight is 324 g/mol. The zero-order valence-electron chi connectivity index (χ0n) is 14.1. The topological polar surface area (TPSA) is 59.0 Å². The van der Waals surface area contributed by atoms with Crippen molar-refractivity contribution in [3.63, 3.8) is 0 Å². The van der Waals surface area contributed by atoms with Crippen LogP contribution in [0.1, 0.15) is 42.6 Å². The molecule has 1 heterocycles. The number of thioether (sulfide) groups is 1. The largest absolute Gasteiger partial charge is 0.338 e. The van der Waals surface area contributed by atoms with E-state index in [0.717, 1.165) is 25.0 Å². The molecule has 0 aromatic carbocycles. The van der Waals surface area contributed by atoms with Crippen LogP contribution in [0.2, 0.25) is 0 Å². The Bertz CT molecular complexity index is 514. The van der Waals surface area contributed by atoms with Gasteiger partial charge in [-0.25, -0.2) is 4.79 Å². The minimum absolute atomic E-state index is 0.0226. The molecule has 22 heavy (non-hydrogen) atoms. The summed E-state index contributed by atoms with van der Waals surface area (Å²) in [5.41, 5.74) is 3.62. The van der Waals surface area contributed by atoms with E-state index in [1.54, 1.807) is 0 Å². The first-order valence-corrected chi connectivity index (χ1v) is 9.38. The summed E-state index contributed by atoms with van der Waals surface area (Å²) >= 11 is 1.86. The first-order chi connectivity index (χ1) is 10.5. The summed E-state index contributed by atoms with van der Waals surface area (Å²) in [5.74, 6) is 0. The Morgan fingerprint density at radius 3 is 2.82 bits per heavy atom. The molecule has 5 nitrogen and oxygen atoms in total. The van der Waals surface area contributed by atoms with Gasteiger partial charge in [0.05, 0.1) is 5.69 Å². The summed E-state index contributed by atoms with van der Waals surface area (Å²) < 4.78 is 1.92. The van der Waals surface area contributed by atoms with Gasteiger partial charge < -0.3 is 10.6 Å². The maximum Gasteiger partial charge on any atom is 0.315 e. The smallest absolute Gasteiger partial charge is 0.315 e. The van der Waals surface area contributed by atoms with Crippen LogP contribution >= 0.6 is 11.8 Å². The summed E-state index contributed by atoms with van der Waals surface area (Å²) in [7, 11) is 1.97. The van der Waals surface area contributed by atoms with Gasteiger partial charge in [-0.1, -0.05) is 6.42 Å². The lowest BCUT2D eigenvalue weighted by molar-refractivity contribution is 0.237. The van der Waals surface area contributed by atoms with E-state index in [1.807, 2.05) is 30.4 Å². The van der Waals surface area contributed by atoms with E-state index >= 15 is 0 Å². The standard InChI is InChI=1S/C16H28N4OS/c1-11-13(12(2)20(3)19-11)7-6-10-17-16(21)18-14-8-5-9-15(14)22-4/h14-15H,5-10H2,1-4H3,(H2,17,18,21)/t14-,15-/m0/s1. The van der Waals surface area contributed by atoms with E-state index in [-0.39, 0.29) is 6.03 Å². The van der Waals surface area contributed by atoms with Crippen molar-refractivity contribution in [1.82, 2.24) is 20.4 Å². The Labute approximate surface area is 137 Å². The highest BCUT2D eigenvalue weighted by molar-refractivity contribution is 7.99. The van der Waals surface area contributed by atoms with Crippen LogP contribution in [0.4, 0.5) is 4.79 Å². The molecule has 1 aliphatic rings. The maximum absolute atomic E-state index is 12.0. The van der Waals surface area contributed by atoms with Crippen molar-refractivity contribution in [1.29, 1.82) is 0 Å². The third-order valence-corrected chi connectivity index (χ3v) is 5.79. The number of carbonyl (C=O) groups excluding carboxylic acids is 1. The normalized spacial score (nSPS) is 21.1. The van der Waals surface area contributed by atoms with Crippen molar-refractivity contribution in [3.8, 4) is 0 Å². The highest BCUT2D eigenvalue weighted by Crippen LogP contribution is 2.28. The van der Waals surface area contributed by atoms with Crippen molar-refractivity contribution in [2.24, 2.45) is 7.05 Å². The number of hydrogen-bond acceptors (Lipinski definition) is 3. The number of amides is 2. The van der Waals surface area contributed by atoms with Crippen LogP contribution in [0, 0.1) is 13.8 Å². The number of aryl methyl sites for hydroxylation is 2. The highest BCUT2D eigenvalue weighted by atomic mass is 32.2. The van der Waals surface area contributed by atoms with Crippen molar-refractivity contribution in [2.75, 3.05) is 12.8 Å². The molecule has 1 aromatic heterocycles. The fourth-order valence-corrected chi connectivity index (χ4v) is 4.17. The second-order valence-electron chi connectivity index (χ2n) is 6.09. The molecule has 0 unspecified atom stereocenters. The number of hydrogen-bond donors (Lipinski definition) is 2. The number of nitrogens with one attached hydrogen (secondary N) is 2. The Kier molecular flexibility index (Phi) is 6.17. The van der Waals surface area contributed by atoms with Gasteiger partial charge in [0.1, 0.15) is 0 Å². The van der Waals surface area contributed by atoms with Crippen LogP contribution in [0.5, 0.6) is 0 Å². The SMILES string of the molecule is CS[C@H]1CCC[C@@H]1NC(=O)NCCCc1c(C)nn(C)c1C. The first-order valence-electron chi connectivity index (χ1n) is 8.09. The summed E-state index contributed by atoms with van der Waals surface area (Å²) in [5, 5.41) is 11.1. The first kappa shape index (κ1) is 17.2. The van der Waals surface area contributed by atoms with E-state index in [2.05, 4.69) is 28.9 Å². The fourth-order valence-electron chi connectivity index (χ4n) is 3.24. The lowest BCUT2D eigenvalue weighted by Gasteiger charge is -2.19. The summed E-state index contributed by atoms with van der Waals surface area (Å²) in [4.78, 5) is 12.0. The molecule has 1 aromatic rings. The van der Waals surface area contributed by atoms with E-state index in [1.165, 1.54) is 24.1 Å². The quantitative estimate of drug-likeness (QED) is 0.791.